The minimum Gasteiger partial charge on any atom is -0.491 e. The molecular formula is C19H22N4O6S. The topological polar surface area (TPSA) is 139 Å². The molecule has 0 amide bonds. The van der Waals surface area contributed by atoms with E-state index in [-0.39, 0.29) is 29.5 Å². The summed E-state index contributed by atoms with van der Waals surface area (Å²) in [5.41, 5.74) is -0.204. The number of aryl methyl sites for hydroxylation is 2. The van der Waals surface area contributed by atoms with E-state index in [2.05, 4.69) is 9.97 Å². The van der Waals surface area contributed by atoms with E-state index >= 15 is 0 Å². The molecule has 3 rings (SSSR count). The first-order valence-electron chi connectivity index (χ1n) is 9.14. The standard InChI is InChI=1S/C19H22N4O6S/c1-10-6-4-5-7-13(10)29-9-12(24)8-23-14-15(22(3)18(28)21-16(14)25)20-19(23)30-11(2)17(26)27/h4-7,11-12,24H,8-9H2,1-3H3,(H,26,27)(H,21,25,28)/t11-,12+/m0/s1. The van der Waals surface area contributed by atoms with E-state index in [4.69, 9.17) is 4.74 Å². The summed E-state index contributed by atoms with van der Waals surface area (Å²) in [7, 11) is 1.45. The maximum atomic E-state index is 12.4. The fourth-order valence-electron chi connectivity index (χ4n) is 2.85. The van der Waals surface area contributed by atoms with Gasteiger partial charge in [0.2, 0.25) is 0 Å². The van der Waals surface area contributed by atoms with E-state index in [1.807, 2.05) is 25.1 Å². The number of nitrogens with zero attached hydrogens (tertiary/aromatic N) is 3. The smallest absolute Gasteiger partial charge is 0.329 e. The van der Waals surface area contributed by atoms with Gasteiger partial charge in [-0.1, -0.05) is 30.0 Å². The number of carboxylic acid groups (broad SMARTS) is 1. The van der Waals surface area contributed by atoms with Crippen LogP contribution < -0.4 is 16.0 Å². The van der Waals surface area contributed by atoms with Crippen LogP contribution in [0.15, 0.2) is 39.0 Å². The second-order valence-corrected chi connectivity index (χ2v) is 8.13. The third kappa shape index (κ3) is 4.41. The van der Waals surface area contributed by atoms with E-state index in [1.54, 1.807) is 6.07 Å². The normalized spacial score (nSPS) is 13.3. The average molecular weight is 434 g/mol. The third-order valence-electron chi connectivity index (χ3n) is 4.52. The van der Waals surface area contributed by atoms with Gasteiger partial charge in [-0.15, -0.1) is 0 Å². The van der Waals surface area contributed by atoms with Gasteiger partial charge in [-0.2, -0.15) is 0 Å². The van der Waals surface area contributed by atoms with Crippen molar-refractivity contribution in [2.45, 2.75) is 36.9 Å². The minimum atomic E-state index is -1.05. The number of H-pyrrole nitrogens is 1. The molecule has 0 spiro atoms. The summed E-state index contributed by atoms with van der Waals surface area (Å²) in [6, 6.07) is 7.36. The maximum absolute atomic E-state index is 12.4. The molecule has 0 saturated carbocycles. The quantitative estimate of drug-likeness (QED) is 0.441. The van der Waals surface area contributed by atoms with Crippen molar-refractivity contribution < 1.29 is 19.7 Å². The number of carboxylic acids is 1. The number of benzene rings is 1. The Bertz CT molecular complexity index is 1200. The molecule has 0 aliphatic heterocycles. The van der Waals surface area contributed by atoms with Crippen LogP contribution in [0.25, 0.3) is 11.2 Å². The van der Waals surface area contributed by atoms with E-state index in [0.717, 1.165) is 17.3 Å². The van der Waals surface area contributed by atoms with Crippen LogP contribution in [0, 0.1) is 6.92 Å². The molecule has 0 radical (unpaired) electrons. The van der Waals surface area contributed by atoms with Gasteiger partial charge in [0.05, 0.1) is 6.54 Å². The minimum absolute atomic E-state index is 0.0488. The lowest BCUT2D eigenvalue weighted by atomic mass is 10.2. The number of aromatic amines is 1. The number of aliphatic hydroxyl groups is 1. The lowest BCUT2D eigenvalue weighted by Crippen LogP contribution is -2.31. The van der Waals surface area contributed by atoms with E-state index in [0.29, 0.717) is 5.75 Å². The van der Waals surface area contributed by atoms with Gasteiger partial charge in [0.15, 0.2) is 16.3 Å². The fourth-order valence-corrected chi connectivity index (χ4v) is 3.70. The van der Waals surface area contributed by atoms with Crippen LogP contribution in [0.2, 0.25) is 0 Å². The monoisotopic (exact) mass is 434 g/mol. The average Bonchev–Trinajstić information content (AvgIpc) is 3.04. The maximum Gasteiger partial charge on any atom is 0.329 e. The summed E-state index contributed by atoms with van der Waals surface area (Å²) < 4.78 is 8.25. The molecule has 0 aliphatic rings. The van der Waals surface area contributed by atoms with Crippen LogP contribution in [0.3, 0.4) is 0 Å². The van der Waals surface area contributed by atoms with Crippen LogP contribution in [-0.4, -0.2) is 53.2 Å². The van der Waals surface area contributed by atoms with Gasteiger partial charge in [0.1, 0.15) is 23.7 Å². The van der Waals surface area contributed by atoms with Crippen molar-refractivity contribution in [3.63, 3.8) is 0 Å². The molecule has 11 heteroatoms. The lowest BCUT2D eigenvalue weighted by molar-refractivity contribution is -0.136. The fraction of sp³-hybridized carbons (Fsp3) is 0.368. The first-order chi connectivity index (χ1) is 14.2. The number of nitrogens with one attached hydrogen (secondary N) is 1. The highest BCUT2D eigenvalue weighted by Gasteiger charge is 2.23. The Balaban J connectivity index is 1.95. The second kappa shape index (κ2) is 8.76. The molecule has 160 valence electrons. The van der Waals surface area contributed by atoms with Gasteiger partial charge in [-0.05, 0) is 25.5 Å². The Morgan fingerprint density at radius 1 is 1.33 bits per heavy atom. The molecule has 2 aromatic heterocycles. The Labute approximate surface area is 175 Å². The number of thioether (sulfide) groups is 1. The molecule has 30 heavy (non-hydrogen) atoms. The summed E-state index contributed by atoms with van der Waals surface area (Å²) in [6.07, 6.45) is -1.02. The first-order valence-corrected chi connectivity index (χ1v) is 10.0. The molecule has 2 heterocycles. The number of carbonyl (C=O) groups is 1. The molecule has 2 atom stereocenters. The van der Waals surface area contributed by atoms with Crippen molar-refractivity contribution in [3.8, 4) is 5.75 Å². The van der Waals surface area contributed by atoms with Crippen molar-refractivity contribution in [2.75, 3.05) is 6.61 Å². The number of aliphatic carboxylic acids is 1. The van der Waals surface area contributed by atoms with E-state index < -0.39 is 28.6 Å². The van der Waals surface area contributed by atoms with Crippen LogP contribution in [0.4, 0.5) is 0 Å². The molecule has 0 fully saturated rings. The molecular weight excluding hydrogens is 412 g/mol. The Morgan fingerprint density at radius 3 is 2.70 bits per heavy atom. The summed E-state index contributed by atoms with van der Waals surface area (Å²) in [5, 5.41) is 19.1. The number of imidazole rings is 1. The molecule has 3 aromatic rings. The number of ether oxygens (including phenoxy) is 1. The van der Waals surface area contributed by atoms with Crippen LogP contribution in [-0.2, 0) is 18.4 Å². The summed E-state index contributed by atoms with van der Waals surface area (Å²) in [6.45, 7) is 3.25. The zero-order valence-corrected chi connectivity index (χ0v) is 17.5. The van der Waals surface area contributed by atoms with Gasteiger partial charge in [-0.25, -0.2) is 9.78 Å². The van der Waals surface area contributed by atoms with Gasteiger partial charge in [0, 0.05) is 7.05 Å². The van der Waals surface area contributed by atoms with Crippen molar-refractivity contribution >= 4 is 28.9 Å². The van der Waals surface area contributed by atoms with Crippen molar-refractivity contribution in [2.24, 2.45) is 7.05 Å². The van der Waals surface area contributed by atoms with Gasteiger partial charge >= 0.3 is 11.7 Å². The number of para-hydroxylation sites is 1. The van der Waals surface area contributed by atoms with Crippen molar-refractivity contribution in [3.05, 3.63) is 50.7 Å². The Morgan fingerprint density at radius 2 is 2.03 bits per heavy atom. The summed E-state index contributed by atoms with van der Waals surface area (Å²) in [4.78, 5) is 42.1. The SMILES string of the molecule is Cc1ccccc1OC[C@H](O)Cn1c(S[C@@H](C)C(=O)O)nc2c1c(=O)[nH]c(=O)n2C. The third-order valence-corrected chi connectivity index (χ3v) is 5.60. The van der Waals surface area contributed by atoms with Crippen LogP contribution in [0.1, 0.15) is 12.5 Å². The van der Waals surface area contributed by atoms with E-state index in [9.17, 15) is 24.6 Å². The number of aromatic nitrogens is 4. The Kier molecular flexibility index (Phi) is 6.32. The lowest BCUT2D eigenvalue weighted by Gasteiger charge is -2.16. The molecule has 3 N–H and O–H groups in total. The van der Waals surface area contributed by atoms with Gasteiger partial charge in [0.25, 0.3) is 5.56 Å². The number of aliphatic hydroxyl groups excluding tert-OH is 1. The first kappa shape index (κ1) is 21.7. The summed E-state index contributed by atoms with van der Waals surface area (Å²) >= 11 is 0.918. The van der Waals surface area contributed by atoms with Crippen LogP contribution in [0.5, 0.6) is 5.75 Å². The molecule has 1 aromatic carbocycles. The molecule has 10 nitrogen and oxygen atoms in total. The number of rotatable bonds is 8. The number of hydrogen-bond donors (Lipinski definition) is 3. The number of hydrogen-bond acceptors (Lipinski definition) is 7. The molecule has 0 bridgehead atoms. The second-order valence-electron chi connectivity index (χ2n) is 6.82. The largest absolute Gasteiger partial charge is 0.491 e. The highest BCUT2D eigenvalue weighted by Crippen LogP contribution is 2.26. The van der Waals surface area contributed by atoms with Crippen molar-refractivity contribution in [1.82, 2.24) is 19.1 Å². The Hall–Kier alpha value is -3.05. The molecule has 0 saturated heterocycles. The zero-order chi connectivity index (χ0) is 22.0. The summed E-state index contributed by atoms with van der Waals surface area (Å²) in [5.74, 6) is -0.425. The van der Waals surface area contributed by atoms with Gasteiger partial charge < -0.3 is 19.5 Å². The predicted octanol–water partition coefficient (Wildman–Crippen LogP) is 0.737. The van der Waals surface area contributed by atoms with Crippen molar-refractivity contribution in [1.29, 1.82) is 0 Å². The highest BCUT2D eigenvalue weighted by molar-refractivity contribution is 8.00. The van der Waals surface area contributed by atoms with Crippen LogP contribution >= 0.6 is 11.8 Å². The number of fused-ring (bicyclic) bond motifs is 1. The predicted molar refractivity (Wildman–Crippen MR) is 111 cm³/mol. The van der Waals surface area contributed by atoms with Gasteiger partial charge in [-0.3, -0.25) is 19.1 Å². The molecule has 0 unspecified atom stereocenters. The van der Waals surface area contributed by atoms with E-state index in [1.165, 1.54) is 23.1 Å². The highest BCUT2D eigenvalue weighted by atomic mass is 32.2. The zero-order valence-electron chi connectivity index (χ0n) is 16.7. The molecule has 0 aliphatic carbocycles.